The Labute approximate surface area is 131 Å². The molecule has 23 heavy (non-hydrogen) atoms. The molecule has 0 unspecified atom stereocenters. The van der Waals surface area contributed by atoms with E-state index in [0.29, 0.717) is 22.8 Å². The maximum atomic E-state index is 10.3. The van der Waals surface area contributed by atoms with Gasteiger partial charge in [-0.25, -0.2) is 9.48 Å². The number of ether oxygens (including phenoxy) is 1. The Morgan fingerprint density at radius 2 is 2.04 bits per heavy atom. The van der Waals surface area contributed by atoms with E-state index in [4.69, 9.17) is 10.00 Å². The van der Waals surface area contributed by atoms with E-state index in [-0.39, 0.29) is 0 Å². The summed E-state index contributed by atoms with van der Waals surface area (Å²) in [5.74, 6) is 0.421. The fraction of sp³-hybridized carbons (Fsp3) is 0. The van der Waals surface area contributed by atoms with Crippen molar-refractivity contribution in [3.8, 4) is 28.9 Å². The molecule has 0 bridgehead atoms. The van der Waals surface area contributed by atoms with Crippen molar-refractivity contribution in [2.75, 3.05) is 0 Å². The molecule has 0 atom stereocenters. The van der Waals surface area contributed by atoms with Crippen LogP contribution in [0.15, 0.2) is 59.7 Å². The molecule has 1 aromatic heterocycles. The highest BCUT2D eigenvalue weighted by Crippen LogP contribution is 2.23. The van der Waals surface area contributed by atoms with Gasteiger partial charge in [-0.2, -0.15) is 4.99 Å². The number of aromatic nitrogens is 3. The maximum Gasteiger partial charge on any atom is 0.292 e. The molecule has 1 heterocycles. The van der Waals surface area contributed by atoms with E-state index in [1.165, 1.54) is 6.08 Å². The van der Waals surface area contributed by atoms with Crippen molar-refractivity contribution < 1.29 is 9.53 Å². The standard InChI is InChI=1S/C16H9N5O2/c17-10-23-15-6-2-5-14(8-15)21-9-16(19-20-21)12-3-1-4-13(7-12)18-11-22/h1-9H. The number of nitriles is 1. The number of rotatable bonds is 4. The minimum atomic E-state index is 0.421. The summed E-state index contributed by atoms with van der Waals surface area (Å²) in [5, 5.41) is 16.7. The van der Waals surface area contributed by atoms with Gasteiger partial charge in [0.1, 0.15) is 11.4 Å². The van der Waals surface area contributed by atoms with Crippen LogP contribution in [-0.4, -0.2) is 21.1 Å². The third-order valence-electron chi connectivity index (χ3n) is 3.06. The van der Waals surface area contributed by atoms with Gasteiger partial charge in [0, 0.05) is 11.6 Å². The van der Waals surface area contributed by atoms with Gasteiger partial charge in [-0.15, -0.1) is 10.4 Å². The molecule has 0 amide bonds. The van der Waals surface area contributed by atoms with E-state index in [2.05, 4.69) is 15.3 Å². The number of carbonyl (C=O) groups excluding carboxylic acids is 1. The van der Waals surface area contributed by atoms with E-state index in [0.717, 1.165) is 5.56 Å². The zero-order valence-electron chi connectivity index (χ0n) is 11.7. The summed E-state index contributed by atoms with van der Waals surface area (Å²) in [6, 6.07) is 13.9. The molecular formula is C16H9N5O2. The van der Waals surface area contributed by atoms with Gasteiger partial charge in [-0.05, 0) is 24.3 Å². The quantitative estimate of drug-likeness (QED) is 0.419. The normalized spacial score (nSPS) is 9.70. The smallest absolute Gasteiger partial charge is 0.292 e. The van der Waals surface area contributed by atoms with Crippen molar-refractivity contribution in [1.29, 1.82) is 5.26 Å². The van der Waals surface area contributed by atoms with Crippen molar-refractivity contribution in [1.82, 2.24) is 15.0 Å². The van der Waals surface area contributed by atoms with Crippen LogP contribution < -0.4 is 4.74 Å². The Hall–Kier alpha value is -3.75. The van der Waals surface area contributed by atoms with Gasteiger partial charge in [-0.1, -0.05) is 23.4 Å². The predicted molar refractivity (Wildman–Crippen MR) is 80.8 cm³/mol. The number of aliphatic imine (C=N–C) groups is 1. The van der Waals surface area contributed by atoms with E-state index in [9.17, 15) is 4.79 Å². The predicted octanol–water partition coefficient (Wildman–Crippen LogP) is 2.76. The van der Waals surface area contributed by atoms with Crippen molar-refractivity contribution in [2.24, 2.45) is 4.99 Å². The minimum Gasteiger partial charge on any atom is -0.388 e. The first-order chi connectivity index (χ1) is 11.3. The number of hydrogen-bond acceptors (Lipinski definition) is 6. The Morgan fingerprint density at radius 3 is 2.87 bits per heavy atom. The molecule has 0 saturated heterocycles. The number of isocyanates is 1. The van der Waals surface area contributed by atoms with Gasteiger partial charge >= 0.3 is 0 Å². The summed E-state index contributed by atoms with van der Waals surface area (Å²) in [7, 11) is 0. The molecule has 3 aromatic rings. The molecule has 110 valence electrons. The number of benzene rings is 2. The van der Waals surface area contributed by atoms with Crippen molar-refractivity contribution in [3.05, 3.63) is 54.7 Å². The Morgan fingerprint density at radius 1 is 1.17 bits per heavy atom. The molecule has 3 rings (SSSR count). The second-order valence-electron chi connectivity index (χ2n) is 4.49. The zero-order chi connectivity index (χ0) is 16.1. The molecule has 0 spiro atoms. The molecule has 7 heteroatoms. The lowest BCUT2D eigenvalue weighted by atomic mass is 10.1. The monoisotopic (exact) mass is 303 g/mol. The van der Waals surface area contributed by atoms with Crippen molar-refractivity contribution in [3.63, 3.8) is 0 Å². The Bertz CT molecular complexity index is 935. The zero-order valence-corrected chi connectivity index (χ0v) is 11.7. The molecule has 0 aliphatic carbocycles. The van der Waals surface area contributed by atoms with Crippen LogP contribution in [0.2, 0.25) is 0 Å². The fourth-order valence-electron chi connectivity index (χ4n) is 2.05. The first kappa shape index (κ1) is 14.2. The first-order valence-corrected chi connectivity index (χ1v) is 6.57. The Kier molecular flexibility index (Phi) is 3.92. The lowest BCUT2D eigenvalue weighted by Crippen LogP contribution is -1.95. The maximum absolute atomic E-state index is 10.3. The summed E-state index contributed by atoms with van der Waals surface area (Å²) < 4.78 is 6.36. The van der Waals surface area contributed by atoms with Crippen LogP contribution in [0.4, 0.5) is 5.69 Å². The highest BCUT2D eigenvalue weighted by atomic mass is 16.5. The molecular weight excluding hydrogens is 294 g/mol. The lowest BCUT2D eigenvalue weighted by molar-refractivity contribution is 0.506. The van der Waals surface area contributed by atoms with Crippen LogP contribution in [0.3, 0.4) is 0 Å². The van der Waals surface area contributed by atoms with Crippen LogP contribution in [0.1, 0.15) is 0 Å². The summed E-state index contributed by atoms with van der Waals surface area (Å²) in [6.45, 7) is 0. The molecule has 0 aliphatic heterocycles. The van der Waals surface area contributed by atoms with Crippen molar-refractivity contribution in [2.45, 2.75) is 0 Å². The number of hydrogen-bond donors (Lipinski definition) is 0. The SMILES string of the molecule is N#COc1cccc(-n2cc(-c3cccc(N=C=O)c3)nn2)c1. The highest BCUT2D eigenvalue weighted by molar-refractivity contribution is 5.64. The lowest BCUT2D eigenvalue weighted by Gasteiger charge is -2.01. The molecule has 0 N–H and O–H groups in total. The largest absolute Gasteiger partial charge is 0.388 e. The van der Waals surface area contributed by atoms with Gasteiger partial charge in [0.25, 0.3) is 6.26 Å². The summed E-state index contributed by atoms with van der Waals surface area (Å²) in [6.07, 6.45) is 4.86. The van der Waals surface area contributed by atoms with Gasteiger partial charge in [-0.3, -0.25) is 0 Å². The van der Waals surface area contributed by atoms with Crippen molar-refractivity contribution >= 4 is 11.8 Å². The van der Waals surface area contributed by atoms with Crippen LogP contribution in [0, 0.1) is 11.5 Å². The molecule has 7 nitrogen and oxygen atoms in total. The molecule has 2 aromatic carbocycles. The first-order valence-electron chi connectivity index (χ1n) is 6.57. The van der Waals surface area contributed by atoms with Gasteiger partial charge < -0.3 is 4.74 Å². The second-order valence-corrected chi connectivity index (χ2v) is 4.49. The highest BCUT2D eigenvalue weighted by Gasteiger charge is 2.07. The summed E-state index contributed by atoms with van der Waals surface area (Å²) in [4.78, 5) is 13.9. The summed E-state index contributed by atoms with van der Waals surface area (Å²) in [5.41, 5.74) is 2.60. The second kappa shape index (κ2) is 6.35. The van der Waals surface area contributed by atoms with Gasteiger partial charge in [0.05, 0.1) is 17.6 Å². The summed E-state index contributed by atoms with van der Waals surface area (Å²) >= 11 is 0. The van der Waals surface area contributed by atoms with E-state index >= 15 is 0 Å². The number of nitrogens with zero attached hydrogens (tertiary/aromatic N) is 5. The Balaban J connectivity index is 1.94. The van der Waals surface area contributed by atoms with Gasteiger partial charge in [0.2, 0.25) is 6.08 Å². The van der Waals surface area contributed by atoms with Crippen LogP contribution in [-0.2, 0) is 4.79 Å². The van der Waals surface area contributed by atoms with E-state index < -0.39 is 0 Å². The van der Waals surface area contributed by atoms with Crippen LogP contribution in [0.5, 0.6) is 5.75 Å². The fourth-order valence-corrected chi connectivity index (χ4v) is 2.05. The average Bonchev–Trinajstić information content (AvgIpc) is 3.06. The van der Waals surface area contributed by atoms with E-state index in [1.807, 2.05) is 12.1 Å². The van der Waals surface area contributed by atoms with Crippen LogP contribution in [0.25, 0.3) is 16.9 Å². The van der Waals surface area contributed by atoms with Gasteiger partial charge in [0.15, 0.2) is 0 Å². The molecule has 0 radical (unpaired) electrons. The molecule has 0 aliphatic rings. The molecule has 0 saturated carbocycles. The van der Waals surface area contributed by atoms with Crippen LogP contribution >= 0.6 is 0 Å². The van der Waals surface area contributed by atoms with E-state index in [1.54, 1.807) is 53.5 Å². The minimum absolute atomic E-state index is 0.421. The average molecular weight is 303 g/mol. The third-order valence-corrected chi connectivity index (χ3v) is 3.06. The third kappa shape index (κ3) is 3.13. The topological polar surface area (TPSA) is 93.2 Å². The molecule has 0 fully saturated rings.